The highest BCUT2D eigenvalue weighted by molar-refractivity contribution is 6.11. The number of nitrogens with zero attached hydrogens (tertiary/aromatic N) is 1. The number of ketones is 1. The zero-order valence-electron chi connectivity index (χ0n) is 28.7. The molecule has 2 aromatic rings. The lowest BCUT2D eigenvalue weighted by Gasteiger charge is -2.32. The van der Waals surface area contributed by atoms with E-state index < -0.39 is 30.2 Å². The Morgan fingerprint density at radius 2 is 1.96 bits per heavy atom. The summed E-state index contributed by atoms with van der Waals surface area (Å²) in [5, 5.41) is 24.3. The summed E-state index contributed by atoms with van der Waals surface area (Å²) in [6.45, 7) is 5.70. The molecule has 3 aliphatic heterocycles. The van der Waals surface area contributed by atoms with Crippen LogP contribution in [0.25, 0.3) is 11.6 Å². The van der Waals surface area contributed by atoms with E-state index in [0.29, 0.717) is 66.7 Å². The number of aliphatic hydroxyl groups is 2. The molecule has 1 fully saturated rings. The minimum absolute atomic E-state index is 0.00402. The molecule has 260 valence electrons. The van der Waals surface area contributed by atoms with Crippen molar-refractivity contribution in [3.05, 3.63) is 67.9 Å². The van der Waals surface area contributed by atoms with Crippen molar-refractivity contribution in [2.24, 2.45) is 4.99 Å². The number of hydrogen-bond donors (Lipinski definition) is 2. The lowest BCUT2D eigenvalue weighted by Crippen LogP contribution is -2.42. The summed E-state index contributed by atoms with van der Waals surface area (Å²) in [6.07, 6.45) is 7.68. The van der Waals surface area contributed by atoms with Gasteiger partial charge in [0.05, 0.1) is 54.5 Å². The Labute approximate surface area is 286 Å². The first-order valence-corrected chi connectivity index (χ1v) is 17.4. The summed E-state index contributed by atoms with van der Waals surface area (Å²) < 4.78 is 24.1. The molecule has 10 heteroatoms. The first kappa shape index (κ1) is 34.6. The summed E-state index contributed by atoms with van der Waals surface area (Å²) in [4.78, 5) is 44.3. The van der Waals surface area contributed by atoms with Crippen LogP contribution in [0.15, 0.2) is 40.1 Å². The van der Waals surface area contributed by atoms with Gasteiger partial charge in [0.15, 0.2) is 6.29 Å². The maximum Gasteiger partial charge on any atom is 0.375 e. The fourth-order valence-electron chi connectivity index (χ4n) is 7.63. The Balaban J connectivity index is 1.52. The quantitative estimate of drug-likeness (QED) is 0.192. The molecule has 0 radical (unpaired) electrons. The zero-order chi connectivity index (χ0) is 34.9. The SMILES string of the molecule is CCCCCCC(C)(O)C1Cc2c(c(CO)c3c(c2OC)C(=C2CCC(=O)C(c4ccc5c(c4)=CCN=5)C2)C(C=O)=C(C(=O)OCC)O3)O1. The summed E-state index contributed by atoms with van der Waals surface area (Å²) in [5.74, 6) is -0.694. The normalized spacial score (nSPS) is 22.1. The Morgan fingerprint density at radius 1 is 1.14 bits per heavy atom. The second-order valence-electron chi connectivity index (χ2n) is 13.4. The predicted molar refractivity (Wildman–Crippen MR) is 182 cm³/mol. The Morgan fingerprint density at radius 3 is 2.67 bits per heavy atom. The van der Waals surface area contributed by atoms with Gasteiger partial charge in [-0.1, -0.05) is 50.3 Å². The maximum atomic E-state index is 13.5. The van der Waals surface area contributed by atoms with E-state index in [-0.39, 0.29) is 41.5 Å². The highest BCUT2D eigenvalue weighted by atomic mass is 16.6. The second kappa shape index (κ2) is 14.3. The third-order valence-corrected chi connectivity index (χ3v) is 10.2. The number of benzene rings is 2. The van der Waals surface area contributed by atoms with Gasteiger partial charge in [-0.15, -0.1) is 0 Å². The number of rotatable bonds is 12. The predicted octanol–water partition coefficient (Wildman–Crippen LogP) is 4.33. The molecular weight excluding hydrogens is 626 g/mol. The third kappa shape index (κ3) is 6.32. The average molecular weight is 672 g/mol. The first-order chi connectivity index (χ1) is 23.7. The molecule has 3 heterocycles. The van der Waals surface area contributed by atoms with Crippen LogP contribution in [0.2, 0.25) is 0 Å². The number of fused-ring (bicyclic) bond motifs is 3. The van der Waals surface area contributed by atoms with Crippen LogP contribution in [0.1, 0.15) is 100 Å². The number of esters is 1. The van der Waals surface area contributed by atoms with E-state index in [2.05, 4.69) is 11.9 Å². The van der Waals surface area contributed by atoms with Crippen LogP contribution < -0.4 is 24.8 Å². The molecule has 1 saturated carbocycles. The van der Waals surface area contributed by atoms with E-state index in [1.807, 2.05) is 24.3 Å². The van der Waals surface area contributed by atoms with Crippen LogP contribution in [0.3, 0.4) is 0 Å². The largest absolute Gasteiger partial charge is 0.496 e. The zero-order valence-corrected chi connectivity index (χ0v) is 28.7. The van der Waals surface area contributed by atoms with Crippen molar-refractivity contribution in [3.63, 3.8) is 0 Å². The van der Waals surface area contributed by atoms with Gasteiger partial charge in [-0.2, -0.15) is 0 Å². The van der Waals surface area contributed by atoms with Crippen molar-refractivity contribution < 1.29 is 43.5 Å². The molecule has 3 unspecified atom stereocenters. The number of Topliss-reactive ketones (excluding diaryl/α,β-unsaturated/α-hetero) is 1. The summed E-state index contributed by atoms with van der Waals surface area (Å²) in [7, 11) is 1.51. The van der Waals surface area contributed by atoms with Crippen molar-refractivity contribution in [1.29, 1.82) is 0 Å². The minimum atomic E-state index is -1.17. The minimum Gasteiger partial charge on any atom is -0.496 e. The smallest absolute Gasteiger partial charge is 0.375 e. The molecule has 0 bridgehead atoms. The molecule has 0 amide bonds. The summed E-state index contributed by atoms with van der Waals surface area (Å²) in [6, 6.07) is 5.86. The monoisotopic (exact) mass is 671 g/mol. The van der Waals surface area contributed by atoms with Crippen molar-refractivity contribution in [2.45, 2.75) is 103 Å². The average Bonchev–Trinajstić information content (AvgIpc) is 3.76. The van der Waals surface area contributed by atoms with Gasteiger partial charge in [-0.05, 0) is 56.0 Å². The fourth-order valence-corrected chi connectivity index (χ4v) is 7.63. The second-order valence-corrected chi connectivity index (χ2v) is 13.4. The van der Waals surface area contributed by atoms with Crippen LogP contribution in [-0.4, -0.2) is 60.2 Å². The molecule has 0 spiro atoms. The van der Waals surface area contributed by atoms with Gasteiger partial charge in [-0.25, -0.2) is 4.79 Å². The number of carbonyl (C=O) groups is 3. The number of ether oxygens (including phenoxy) is 4. The van der Waals surface area contributed by atoms with Crippen molar-refractivity contribution in [2.75, 3.05) is 20.3 Å². The topological polar surface area (TPSA) is 141 Å². The highest BCUT2D eigenvalue weighted by Gasteiger charge is 2.45. The molecule has 4 aliphatic rings. The van der Waals surface area contributed by atoms with Crippen LogP contribution >= 0.6 is 0 Å². The van der Waals surface area contributed by atoms with Gasteiger partial charge in [0.2, 0.25) is 5.76 Å². The molecule has 3 atom stereocenters. The molecule has 1 aliphatic carbocycles. The van der Waals surface area contributed by atoms with E-state index >= 15 is 0 Å². The van der Waals surface area contributed by atoms with Crippen molar-refractivity contribution in [1.82, 2.24) is 0 Å². The number of aliphatic hydroxyl groups excluding tert-OH is 1. The lowest BCUT2D eigenvalue weighted by atomic mass is 9.75. The van der Waals surface area contributed by atoms with Gasteiger partial charge >= 0.3 is 5.97 Å². The highest BCUT2D eigenvalue weighted by Crippen LogP contribution is 2.56. The maximum absolute atomic E-state index is 13.5. The van der Waals surface area contributed by atoms with E-state index in [1.165, 1.54) is 7.11 Å². The van der Waals surface area contributed by atoms with Gasteiger partial charge in [0.1, 0.15) is 29.1 Å². The van der Waals surface area contributed by atoms with Crippen LogP contribution in [-0.2, 0) is 32.1 Å². The Kier molecular flexibility index (Phi) is 10.1. The summed E-state index contributed by atoms with van der Waals surface area (Å²) in [5.41, 5.74) is 2.23. The molecule has 0 aromatic heterocycles. The van der Waals surface area contributed by atoms with E-state index in [0.717, 1.165) is 47.4 Å². The first-order valence-electron chi connectivity index (χ1n) is 17.4. The number of carbonyl (C=O) groups excluding carboxylic acids is 3. The van der Waals surface area contributed by atoms with Crippen LogP contribution in [0, 0.1) is 0 Å². The molecule has 0 saturated heterocycles. The van der Waals surface area contributed by atoms with E-state index in [4.69, 9.17) is 18.9 Å². The van der Waals surface area contributed by atoms with Crippen LogP contribution in [0.4, 0.5) is 0 Å². The molecule has 10 nitrogen and oxygen atoms in total. The fraction of sp³-hybridized carbons (Fsp3) is 0.487. The molecule has 49 heavy (non-hydrogen) atoms. The van der Waals surface area contributed by atoms with Crippen molar-refractivity contribution in [3.8, 4) is 17.2 Å². The van der Waals surface area contributed by atoms with E-state index in [9.17, 15) is 24.6 Å². The standard InChI is InChI=1S/C39H45NO9/c1-5-7-8-9-15-39(3,45)31-19-26-34(48-31)28(21-42)36-33(35(26)46-4)32(27(20-41)37(49-36)38(44)47-6-2)24-11-13-30(43)25(18-24)22-10-12-29-23(17-22)14-16-40-29/h10,12,14,17,20,25,31,42,45H,5-9,11,13,15-16,18-19,21H2,1-4H3. The van der Waals surface area contributed by atoms with Gasteiger partial charge in [0, 0.05) is 29.9 Å². The number of aldehydes is 1. The van der Waals surface area contributed by atoms with Gasteiger partial charge in [0.25, 0.3) is 0 Å². The Bertz CT molecular complexity index is 1870. The summed E-state index contributed by atoms with van der Waals surface area (Å²) >= 11 is 0. The molecule has 6 rings (SSSR count). The molecule has 2 N–H and O–H groups in total. The number of hydrogen-bond acceptors (Lipinski definition) is 10. The number of allylic oxidation sites excluding steroid dienone is 3. The number of methoxy groups -OCH3 is 1. The lowest BCUT2D eigenvalue weighted by molar-refractivity contribution is -0.141. The van der Waals surface area contributed by atoms with Crippen LogP contribution in [0.5, 0.6) is 17.2 Å². The number of unbranched alkanes of at least 4 members (excludes halogenated alkanes) is 3. The molecule has 2 aromatic carbocycles. The molecular formula is C39H45NO9. The van der Waals surface area contributed by atoms with Gasteiger partial charge in [-0.3, -0.25) is 14.6 Å². The van der Waals surface area contributed by atoms with Crippen molar-refractivity contribution >= 4 is 29.7 Å². The van der Waals surface area contributed by atoms with E-state index in [1.54, 1.807) is 13.8 Å². The Hall–Kier alpha value is -4.28. The van der Waals surface area contributed by atoms with Gasteiger partial charge < -0.3 is 29.2 Å². The third-order valence-electron chi connectivity index (χ3n) is 10.2.